The quantitative estimate of drug-likeness (QED) is 0.660. The van der Waals surface area contributed by atoms with Crippen LogP contribution in [0.4, 0.5) is 11.4 Å². The molecule has 0 bridgehead atoms. The molecular formula is C14H11BrN2O2S. The van der Waals surface area contributed by atoms with Crippen molar-refractivity contribution in [1.29, 1.82) is 0 Å². The van der Waals surface area contributed by atoms with E-state index in [1.807, 2.05) is 0 Å². The standard InChI is InChI=1S/C14H11BrN2O2S/c1-2-10-4-3-5-11(8-10)17-20(18,19)12-6-7-13(15)14(16)9-12/h1,3-9,17H,16H2. The van der Waals surface area contributed by atoms with Crippen molar-refractivity contribution >= 4 is 37.3 Å². The summed E-state index contributed by atoms with van der Waals surface area (Å²) >= 11 is 3.22. The maximum absolute atomic E-state index is 12.2. The molecule has 4 nitrogen and oxygen atoms in total. The average molecular weight is 351 g/mol. The fourth-order valence-electron chi connectivity index (χ4n) is 1.58. The van der Waals surface area contributed by atoms with E-state index >= 15 is 0 Å². The van der Waals surface area contributed by atoms with Crippen molar-refractivity contribution in [3.05, 3.63) is 52.5 Å². The van der Waals surface area contributed by atoms with E-state index in [1.54, 1.807) is 30.3 Å². The Labute approximate surface area is 126 Å². The highest BCUT2D eigenvalue weighted by Gasteiger charge is 2.15. The van der Waals surface area contributed by atoms with Gasteiger partial charge in [0.1, 0.15) is 0 Å². The number of rotatable bonds is 3. The van der Waals surface area contributed by atoms with Gasteiger partial charge in [-0.1, -0.05) is 12.0 Å². The van der Waals surface area contributed by atoms with Gasteiger partial charge in [0.2, 0.25) is 0 Å². The average Bonchev–Trinajstić information content (AvgIpc) is 2.41. The molecule has 0 amide bonds. The number of sulfonamides is 1. The molecule has 0 unspecified atom stereocenters. The van der Waals surface area contributed by atoms with Crippen molar-refractivity contribution in [3.8, 4) is 12.3 Å². The molecule has 0 fully saturated rings. The van der Waals surface area contributed by atoms with Crippen LogP contribution in [-0.4, -0.2) is 8.42 Å². The predicted octanol–water partition coefficient (Wildman–Crippen LogP) is 2.81. The second kappa shape index (κ2) is 5.57. The second-order valence-electron chi connectivity index (χ2n) is 4.01. The molecule has 0 spiro atoms. The van der Waals surface area contributed by atoms with Crippen molar-refractivity contribution in [2.45, 2.75) is 4.90 Å². The topological polar surface area (TPSA) is 72.2 Å². The number of anilines is 2. The van der Waals surface area contributed by atoms with Crippen LogP contribution < -0.4 is 10.5 Å². The highest BCUT2D eigenvalue weighted by atomic mass is 79.9. The summed E-state index contributed by atoms with van der Waals surface area (Å²) < 4.78 is 27.6. The number of hydrogen-bond donors (Lipinski definition) is 2. The number of nitrogen functional groups attached to an aromatic ring is 1. The lowest BCUT2D eigenvalue weighted by atomic mass is 10.2. The van der Waals surface area contributed by atoms with E-state index in [1.165, 1.54) is 12.1 Å². The first kappa shape index (κ1) is 14.4. The molecule has 0 radical (unpaired) electrons. The Hall–Kier alpha value is -1.97. The zero-order chi connectivity index (χ0) is 14.8. The SMILES string of the molecule is C#Cc1cccc(NS(=O)(=O)c2ccc(Br)c(N)c2)c1. The highest BCUT2D eigenvalue weighted by molar-refractivity contribution is 9.10. The van der Waals surface area contributed by atoms with Crippen LogP contribution in [0.3, 0.4) is 0 Å². The molecule has 0 aliphatic heterocycles. The smallest absolute Gasteiger partial charge is 0.261 e. The third-order valence-corrected chi connectivity index (χ3v) is 4.66. The molecule has 0 aliphatic rings. The summed E-state index contributed by atoms with van der Waals surface area (Å²) in [7, 11) is -3.70. The lowest BCUT2D eigenvalue weighted by molar-refractivity contribution is 0.601. The van der Waals surface area contributed by atoms with Gasteiger partial charge in [-0.15, -0.1) is 6.42 Å². The van der Waals surface area contributed by atoms with Crippen LogP contribution in [0.15, 0.2) is 51.8 Å². The van der Waals surface area contributed by atoms with Gasteiger partial charge in [0.05, 0.1) is 10.6 Å². The van der Waals surface area contributed by atoms with Gasteiger partial charge in [-0.25, -0.2) is 8.42 Å². The van der Waals surface area contributed by atoms with Crippen molar-refractivity contribution in [1.82, 2.24) is 0 Å². The van der Waals surface area contributed by atoms with Gasteiger partial charge in [0, 0.05) is 15.7 Å². The van der Waals surface area contributed by atoms with Gasteiger partial charge >= 0.3 is 0 Å². The van der Waals surface area contributed by atoms with Gasteiger partial charge in [-0.3, -0.25) is 4.72 Å². The Morgan fingerprint density at radius 1 is 1.20 bits per heavy atom. The monoisotopic (exact) mass is 350 g/mol. The summed E-state index contributed by atoms with van der Waals surface area (Å²) in [6, 6.07) is 11.0. The second-order valence-corrected chi connectivity index (χ2v) is 6.55. The zero-order valence-electron chi connectivity index (χ0n) is 10.3. The Kier molecular flexibility index (Phi) is 4.02. The minimum Gasteiger partial charge on any atom is -0.398 e. The van der Waals surface area contributed by atoms with E-state index in [0.717, 1.165) is 0 Å². The molecule has 0 atom stereocenters. The normalized spacial score (nSPS) is 10.8. The Morgan fingerprint density at radius 2 is 1.95 bits per heavy atom. The minimum absolute atomic E-state index is 0.0873. The van der Waals surface area contributed by atoms with Gasteiger partial charge in [0.25, 0.3) is 10.0 Å². The van der Waals surface area contributed by atoms with E-state index < -0.39 is 10.0 Å². The van der Waals surface area contributed by atoms with Gasteiger partial charge < -0.3 is 5.73 Å². The summed E-state index contributed by atoms with van der Waals surface area (Å²) in [5.41, 5.74) is 7.05. The van der Waals surface area contributed by atoms with E-state index in [-0.39, 0.29) is 4.90 Å². The molecule has 0 aromatic heterocycles. The minimum atomic E-state index is -3.70. The molecule has 20 heavy (non-hydrogen) atoms. The van der Waals surface area contributed by atoms with Crippen molar-refractivity contribution in [3.63, 3.8) is 0 Å². The number of halogens is 1. The van der Waals surface area contributed by atoms with Crippen molar-refractivity contribution < 1.29 is 8.42 Å². The van der Waals surface area contributed by atoms with E-state index in [9.17, 15) is 8.42 Å². The molecule has 0 aliphatic carbocycles. The molecule has 0 heterocycles. The highest BCUT2D eigenvalue weighted by Crippen LogP contribution is 2.24. The fourth-order valence-corrected chi connectivity index (χ4v) is 2.91. The number of hydrogen-bond acceptors (Lipinski definition) is 3. The van der Waals surface area contributed by atoms with Crippen LogP contribution in [0.25, 0.3) is 0 Å². The van der Waals surface area contributed by atoms with Gasteiger partial charge in [0.15, 0.2) is 0 Å². The molecule has 2 aromatic carbocycles. The van der Waals surface area contributed by atoms with Crippen LogP contribution in [-0.2, 0) is 10.0 Å². The first-order chi connectivity index (χ1) is 9.42. The Balaban J connectivity index is 2.35. The van der Waals surface area contributed by atoms with Crippen LogP contribution in [0.1, 0.15) is 5.56 Å². The van der Waals surface area contributed by atoms with E-state index in [0.29, 0.717) is 21.4 Å². The number of nitrogens with two attached hydrogens (primary N) is 1. The van der Waals surface area contributed by atoms with Gasteiger partial charge in [-0.05, 0) is 52.3 Å². The Morgan fingerprint density at radius 3 is 2.60 bits per heavy atom. The van der Waals surface area contributed by atoms with E-state index in [4.69, 9.17) is 12.2 Å². The maximum Gasteiger partial charge on any atom is 0.261 e. The number of nitrogens with one attached hydrogen (secondary N) is 1. The molecule has 6 heteroatoms. The van der Waals surface area contributed by atoms with Crippen LogP contribution in [0.2, 0.25) is 0 Å². The number of benzene rings is 2. The zero-order valence-corrected chi connectivity index (χ0v) is 12.7. The first-order valence-electron chi connectivity index (χ1n) is 5.57. The van der Waals surface area contributed by atoms with Crippen LogP contribution >= 0.6 is 15.9 Å². The summed E-state index contributed by atoms with van der Waals surface area (Å²) in [5.74, 6) is 2.45. The molecular weight excluding hydrogens is 340 g/mol. The van der Waals surface area contributed by atoms with Crippen molar-refractivity contribution in [2.75, 3.05) is 10.5 Å². The Bertz CT molecular complexity index is 795. The maximum atomic E-state index is 12.2. The largest absolute Gasteiger partial charge is 0.398 e. The third-order valence-electron chi connectivity index (χ3n) is 2.56. The lowest BCUT2D eigenvalue weighted by Crippen LogP contribution is -2.13. The molecule has 0 saturated carbocycles. The molecule has 2 rings (SSSR count). The lowest BCUT2D eigenvalue weighted by Gasteiger charge is -2.09. The fraction of sp³-hybridized carbons (Fsp3) is 0. The number of terminal acetylenes is 1. The summed E-state index contributed by atoms with van der Waals surface area (Å²) in [4.78, 5) is 0.0873. The third kappa shape index (κ3) is 3.13. The molecule has 0 saturated heterocycles. The summed E-state index contributed by atoms with van der Waals surface area (Å²) in [6.07, 6.45) is 5.28. The first-order valence-corrected chi connectivity index (χ1v) is 7.84. The molecule has 102 valence electrons. The van der Waals surface area contributed by atoms with Crippen molar-refractivity contribution in [2.24, 2.45) is 0 Å². The molecule has 2 aromatic rings. The van der Waals surface area contributed by atoms with E-state index in [2.05, 4.69) is 26.6 Å². The van der Waals surface area contributed by atoms with Crippen LogP contribution in [0, 0.1) is 12.3 Å². The molecule has 3 N–H and O–H groups in total. The summed E-state index contributed by atoms with van der Waals surface area (Å²) in [5, 5.41) is 0. The van der Waals surface area contributed by atoms with Crippen LogP contribution in [0.5, 0.6) is 0 Å². The summed E-state index contributed by atoms with van der Waals surface area (Å²) in [6.45, 7) is 0. The van der Waals surface area contributed by atoms with Gasteiger partial charge in [-0.2, -0.15) is 0 Å². The predicted molar refractivity (Wildman–Crippen MR) is 83.7 cm³/mol.